The molecule has 26 heavy (non-hydrogen) atoms. The molecule has 0 fully saturated rings. The van der Waals surface area contributed by atoms with Crippen LogP contribution < -0.4 is 25.0 Å². The zero-order valence-corrected chi connectivity index (χ0v) is 14.8. The van der Waals surface area contributed by atoms with Crippen molar-refractivity contribution in [3.05, 3.63) is 48.0 Å². The molecule has 2 aromatic rings. The summed E-state index contributed by atoms with van der Waals surface area (Å²) in [5.74, 6) is 0.257. The van der Waals surface area contributed by atoms with Crippen LogP contribution in [0.5, 0.6) is 11.5 Å². The average Bonchev–Trinajstić information content (AvgIpc) is 2.61. The van der Waals surface area contributed by atoms with E-state index in [4.69, 9.17) is 4.74 Å². The zero-order valence-electron chi connectivity index (χ0n) is 14.8. The van der Waals surface area contributed by atoms with Crippen molar-refractivity contribution < 1.29 is 23.0 Å². The normalized spacial score (nSPS) is 10.4. The molecule has 140 valence electrons. The van der Waals surface area contributed by atoms with Crippen molar-refractivity contribution in [3.8, 4) is 11.5 Å². The molecule has 0 saturated heterocycles. The van der Waals surface area contributed by atoms with E-state index in [0.29, 0.717) is 5.75 Å². The van der Waals surface area contributed by atoms with Gasteiger partial charge in [-0.3, -0.25) is 0 Å². The molecule has 0 heterocycles. The summed E-state index contributed by atoms with van der Waals surface area (Å²) >= 11 is 0. The van der Waals surface area contributed by atoms with Crippen LogP contribution in [0.1, 0.15) is 5.56 Å². The summed E-state index contributed by atoms with van der Waals surface area (Å²) in [5.41, 5.74) is 2.04. The van der Waals surface area contributed by atoms with E-state index in [-0.39, 0.29) is 18.0 Å². The molecule has 0 aliphatic rings. The Hall–Kier alpha value is -3.03. The monoisotopic (exact) mass is 365 g/mol. The van der Waals surface area contributed by atoms with E-state index in [9.17, 15) is 13.6 Å². The number of methoxy groups -OCH3 is 1. The number of halogens is 2. The summed E-state index contributed by atoms with van der Waals surface area (Å²) in [6, 6.07) is 11.3. The summed E-state index contributed by atoms with van der Waals surface area (Å²) in [4.78, 5) is 14.1. The number of nitrogens with one attached hydrogen (secondary N) is 2. The number of rotatable bonds is 7. The van der Waals surface area contributed by atoms with E-state index in [1.165, 1.54) is 25.3 Å². The van der Waals surface area contributed by atoms with Gasteiger partial charge in [0.1, 0.15) is 11.5 Å². The quantitative estimate of drug-likeness (QED) is 0.786. The number of benzene rings is 2. The van der Waals surface area contributed by atoms with Crippen molar-refractivity contribution in [1.82, 2.24) is 5.32 Å². The first kappa shape index (κ1) is 19.3. The number of urea groups is 1. The van der Waals surface area contributed by atoms with Crippen LogP contribution in [0.3, 0.4) is 0 Å². The van der Waals surface area contributed by atoms with Crippen LogP contribution in [-0.4, -0.2) is 33.8 Å². The zero-order chi connectivity index (χ0) is 19.1. The van der Waals surface area contributed by atoms with Crippen LogP contribution in [0.15, 0.2) is 42.5 Å². The third-order valence-electron chi connectivity index (χ3n) is 3.56. The van der Waals surface area contributed by atoms with Crippen LogP contribution in [0.25, 0.3) is 0 Å². The molecule has 8 heteroatoms. The van der Waals surface area contributed by atoms with E-state index in [0.717, 1.165) is 11.3 Å². The van der Waals surface area contributed by atoms with Gasteiger partial charge in [0.15, 0.2) is 0 Å². The molecule has 2 N–H and O–H groups in total. The Kier molecular flexibility index (Phi) is 6.60. The molecule has 0 aliphatic carbocycles. The highest BCUT2D eigenvalue weighted by molar-refractivity contribution is 5.91. The van der Waals surface area contributed by atoms with Crippen LogP contribution in [0.4, 0.5) is 25.0 Å². The largest absolute Gasteiger partial charge is 0.497 e. The van der Waals surface area contributed by atoms with Gasteiger partial charge in [0.25, 0.3) is 0 Å². The van der Waals surface area contributed by atoms with E-state index < -0.39 is 12.6 Å². The van der Waals surface area contributed by atoms with Gasteiger partial charge in [-0.05, 0) is 29.8 Å². The van der Waals surface area contributed by atoms with Crippen molar-refractivity contribution in [2.45, 2.75) is 13.2 Å². The second kappa shape index (κ2) is 8.89. The molecule has 0 aliphatic heterocycles. The maximum Gasteiger partial charge on any atom is 0.387 e. The van der Waals surface area contributed by atoms with Gasteiger partial charge < -0.3 is 25.0 Å². The van der Waals surface area contributed by atoms with E-state index >= 15 is 0 Å². The van der Waals surface area contributed by atoms with Gasteiger partial charge >= 0.3 is 12.6 Å². The number of anilines is 2. The van der Waals surface area contributed by atoms with Gasteiger partial charge in [0.05, 0.1) is 12.8 Å². The van der Waals surface area contributed by atoms with Gasteiger partial charge in [-0.1, -0.05) is 12.1 Å². The fourth-order valence-electron chi connectivity index (χ4n) is 2.19. The predicted octanol–water partition coefficient (Wildman–Crippen LogP) is 3.68. The number of hydrogen-bond donors (Lipinski definition) is 2. The highest BCUT2D eigenvalue weighted by atomic mass is 19.3. The highest BCUT2D eigenvalue weighted by Crippen LogP contribution is 2.30. The van der Waals surface area contributed by atoms with Gasteiger partial charge in [0.2, 0.25) is 0 Å². The van der Waals surface area contributed by atoms with Crippen molar-refractivity contribution >= 4 is 17.4 Å². The fourth-order valence-corrected chi connectivity index (χ4v) is 2.19. The summed E-state index contributed by atoms with van der Waals surface area (Å²) in [6.07, 6.45) is 0. The standard InChI is InChI=1S/C18H21F2N3O3/c1-23(2)13-6-4-12(5-7-13)11-21-18(24)22-15-10-14(25-3)8-9-16(15)26-17(19)20/h4-10,17H,11H2,1-3H3,(H2,21,22,24). The minimum absolute atomic E-state index is 0.0881. The van der Waals surface area contributed by atoms with Gasteiger partial charge in [-0.15, -0.1) is 0 Å². The molecule has 0 aromatic heterocycles. The summed E-state index contributed by atoms with van der Waals surface area (Å²) in [6.45, 7) is -2.71. The van der Waals surface area contributed by atoms with Crippen molar-refractivity contribution in [3.63, 3.8) is 0 Å². The summed E-state index contributed by atoms with van der Waals surface area (Å²) in [5, 5.41) is 5.16. The topological polar surface area (TPSA) is 62.8 Å². The number of hydrogen-bond acceptors (Lipinski definition) is 4. The molecular formula is C18H21F2N3O3. The van der Waals surface area contributed by atoms with Crippen LogP contribution >= 0.6 is 0 Å². The summed E-state index contributed by atoms with van der Waals surface area (Å²) < 4.78 is 34.4. The molecule has 2 rings (SSSR count). The van der Waals surface area contributed by atoms with Gasteiger partial charge in [-0.2, -0.15) is 8.78 Å². The second-order valence-electron chi connectivity index (χ2n) is 5.61. The maximum atomic E-state index is 12.5. The first-order valence-electron chi connectivity index (χ1n) is 7.83. The maximum absolute atomic E-state index is 12.5. The lowest BCUT2D eigenvalue weighted by atomic mass is 10.2. The van der Waals surface area contributed by atoms with Crippen LogP contribution in [0.2, 0.25) is 0 Å². The Morgan fingerprint density at radius 2 is 1.85 bits per heavy atom. The Labute approximate surface area is 150 Å². The third kappa shape index (κ3) is 5.51. The lowest BCUT2D eigenvalue weighted by Gasteiger charge is -2.14. The van der Waals surface area contributed by atoms with Crippen LogP contribution in [0, 0.1) is 0 Å². The third-order valence-corrected chi connectivity index (χ3v) is 3.56. The van der Waals surface area contributed by atoms with Crippen molar-refractivity contribution in [2.24, 2.45) is 0 Å². The number of alkyl halides is 2. The van der Waals surface area contributed by atoms with Crippen LogP contribution in [-0.2, 0) is 6.54 Å². The molecular weight excluding hydrogens is 344 g/mol. The first-order chi connectivity index (χ1) is 12.4. The molecule has 0 radical (unpaired) electrons. The molecule has 2 aromatic carbocycles. The van der Waals surface area contributed by atoms with Crippen molar-refractivity contribution in [1.29, 1.82) is 0 Å². The number of ether oxygens (including phenoxy) is 2. The second-order valence-corrected chi connectivity index (χ2v) is 5.61. The van der Waals surface area contributed by atoms with E-state index in [2.05, 4.69) is 15.4 Å². The lowest BCUT2D eigenvalue weighted by Crippen LogP contribution is -2.28. The molecule has 0 bridgehead atoms. The predicted molar refractivity (Wildman–Crippen MR) is 96.3 cm³/mol. The smallest absolute Gasteiger partial charge is 0.387 e. The SMILES string of the molecule is COc1ccc(OC(F)F)c(NC(=O)NCc2ccc(N(C)C)cc2)c1. The lowest BCUT2D eigenvalue weighted by molar-refractivity contribution is -0.0493. The molecule has 2 amide bonds. The highest BCUT2D eigenvalue weighted by Gasteiger charge is 2.13. The number of nitrogens with zero attached hydrogens (tertiary/aromatic N) is 1. The minimum atomic E-state index is -3.00. The fraction of sp³-hybridized carbons (Fsp3) is 0.278. The molecule has 6 nitrogen and oxygen atoms in total. The van der Waals surface area contributed by atoms with Gasteiger partial charge in [-0.25, -0.2) is 4.79 Å². The van der Waals surface area contributed by atoms with Gasteiger partial charge in [0, 0.05) is 32.4 Å². The Morgan fingerprint density at radius 3 is 2.42 bits per heavy atom. The van der Waals surface area contributed by atoms with Crippen molar-refractivity contribution in [2.75, 3.05) is 31.4 Å². The average molecular weight is 365 g/mol. The summed E-state index contributed by atoms with van der Waals surface area (Å²) in [7, 11) is 5.31. The molecule has 0 spiro atoms. The Balaban J connectivity index is 2.00. The molecule has 0 saturated carbocycles. The number of carbonyl (C=O) groups excluding carboxylic acids is 1. The Bertz CT molecular complexity index is 737. The first-order valence-corrected chi connectivity index (χ1v) is 7.83. The Morgan fingerprint density at radius 1 is 1.15 bits per heavy atom. The minimum Gasteiger partial charge on any atom is -0.497 e. The number of carbonyl (C=O) groups is 1. The van der Waals surface area contributed by atoms with E-state index in [1.54, 1.807) is 0 Å². The molecule has 0 unspecified atom stereocenters. The molecule has 0 atom stereocenters. The number of amides is 2. The van der Waals surface area contributed by atoms with E-state index in [1.807, 2.05) is 43.3 Å².